The topological polar surface area (TPSA) is 100 Å². The van der Waals surface area contributed by atoms with Crippen molar-refractivity contribution in [1.82, 2.24) is 15.8 Å². The van der Waals surface area contributed by atoms with Gasteiger partial charge >= 0.3 is 0 Å². The number of ketones is 1. The van der Waals surface area contributed by atoms with E-state index in [2.05, 4.69) is 15.8 Å². The molecule has 0 aliphatic rings. The monoisotopic (exact) mass is 397 g/mol. The molecule has 0 bridgehead atoms. The molecule has 138 valence electrons. The number of H-pyrrole nitrogens is 1. The van der Waals surface area contributed by atoms with Crippen LogP contribution in [0.3, 0.4) is 0 Å². The Balaban J connectivity index is 1.68. The van der Waals surface area contributed by atoms with Crippen molar-refractivity contribution in [3.05, 3.63) is 51.8 Å². The molecule has 1 heterocycles. The summed E-state index contributed by atoms with van der Waals surface area (Å²) in [7, 11) is 0. The quantitative estimate of drug-likeness (QED) is 0.379. The molecule has 3 N–H and O–H groups in total. The Morgan fingerprint density at radius 2 is 1.92 bits per heavy atom. The number of Topliss-reactive ketones (excluding diaryl/α,β-unsaturated/α-hetero) is 1. The number of hydrazine groups is 1. The largest absolute Gasteiger partial charge is 0.492 e. The van der Waals surface area contributed by atoms with Crippen LogP contribution in [0, 0.1) is 0 Å². The number of rotatable bonds is 7. The van der Waals surface area contributed by atoms with Crippen molar-refractivity contribution in [2.75, 3.05) is 6.61 Å². The SMILES string of the molecule is CC(=O)c1c[nH]c(C(=O)NNC(=O)CCCOc2ccc(Cl)cc2Cl)c1. The molecule has 0 aliphatic carbocycles. The highest BCUT2D eigenvalue weighted by Gasteiger charge is 2.11. The van der Waals surface area contributed by atoms with Gasteiger partial charge in [0.05, 0.1) is 11.6 Å². The Bertz CT molecular complexity index is 820. The number of benzene rings is 1. The second kappa shape index (κ2) is 9.26. The van der Waals surface area contributed by atoms with Crippen LogP contribution < -0.4 is 15.6 Å². The normalized spacial score (nSPS) is 10.3. The summed E-state index contributed by atoms with van der Waals surface area (Å²) in [5.41, 5.74) is 5.13. The van der Waals surface area contributed by atoms with Gasteiger partial charge in [-0.2, -0.15) is 0 Å². The molecule has 2 amide bonds. The lowest BCUT2D eigenvalue weighted by atomic mass is 10.2. The third-order valence-electron chi connectivity index (χ3n) is 3.35. The van der Waals surface area contributed by atoms with Crippen LogP contribution in [0.2, 0.25) is 10.0 Å². The van der Waals surface area contributed by atoms with Crippen LogP contribution in [-0.4, -0.2) is 29.2 Å². The lowest BCUT2D eigenvalue weighted by molar-refractivity contribution is -0.122. The van der Waals surface area contributed by atoms with Crippen LogP contribution >= 0.6 is 23.2 Å². The van der Waals surface area contributed by atoms with Gasteiger partial charge in [0.1, 0.15) is 11.4 Å². The highest BCUT2D eigenvalue weighted by atomic mass is 35.5. The van der Waals surface area contributed by atoms with E-state index in [9.17, 15) is 14.4 Å². The van der Waals surface area contributed by atoms with Crippen molar-refractivity contribution in [2.45, 2.75) is 19.8 Å². The molecule has 0 spiro atoms. The van der Waals surface area contributed by atoms with E-state index in [4.69, 9.17) is 27.9 Å². The molecular weight excluding hydrogens is 381 g/mol. The zero-order valence-electron chi connectivity index (χ0n) is 13.9. The first-order chi connectivity index (χ1) is 12.4. The lowest BCUT2D eigenvalue weighted by Gasteiger charge is -2.09. The Morgan fingerprint density at radius 3 is 2.58 bits per heavy atom. The molecule has 0 saturated carbocycles. The minimum absolute atomic E-state index is 0.148. The zero-order valence-corrected chi connectivity index (χ0v) is 15.4. The highest BCUT2D eigenvalue weighted by Crippen LogP contribution is 2.27. The van der Waals surface area contributed by atoms with Crippen LogP contribution in [0.4, 0.5) is 0 Å². The summed E-state index contributed by atoms with van der Waals surface area (Å²) in [6.45, 7) is 1.67. The molecule has 1 aromatic carbocycles. The Hall–Kier alpha value is -2.51. The number of carbonyl (C=O) groups is 3. The highest BCUT2D eigenvalue weighted by molar-refractivity contribution is 6.35. The van der Waals surface area contributed by atoms with Gasteiger partial charge in [0, 0.05) is 23.2 Å². The molecule has 0 aliphatic heterocycles. The molecule has 2 aromatic rings. The smallest absolute Gasteiger partial charge is 0.286 e. The second-order valence-electron chi connectivity index (χ2n) is 5.39. The van der Waals surface area contributed by atoms with E-state index < -0.39 is 5.91 Å². The van der Waals surface area contributed by atoms with Crippen molar-refractivity contribution < 1.29 is 19.1 Å². The predicted molar refractivity (Wildman–Crippen MR) is 97.6 cm³/mol. The van der Waals surface area contributed by atoms with Crippen molar-refractivity contribution >= 4 is 40.8 Å². The molecule has 0 unspecified atom stereocenters. The summed E-state index contributed by atoms with van der Waals surface area (Å²) < 4.78 is 5.47. The standard InChI is InChI=1S/C17H17Cl2N3O4/c1-10(23)11-7-14(20-9-11)17(25)22-21-16(24)3-2-6-26-15-5-4-12(18)8-13(15)19/h4-5,7-9,20H,2-3,6H2,1H3,(H,21,24)(H,22,25). The maximum atomic E-state index is 11.8. The van der Waals surface area contributed by atoms with Gasteiger partial charge in [0.15, 0.2) is 5.78 Å². The van der Waals surface area contributed by atoms with Crippen molar-refractivity contribution in [1.29, 1.82) is 0 Å². The molecule has 7 nitrogen and oxygen atoms in total. The number of amides is 2. The summed E-state index contributed by atoms with van der Waals surface area (Å²) >= 11 is 11.8. The molecule has 26 heavy (non-hydrogen) atoms. The number of halogens is 2. The number of aromatic nitrogens is 1. The van der Waals surface area contributed by atoms with Gasteiger partial charge in [0.25, 0.3) is 5.91 Å². The average molecular weight is 398 g/mol. The predicted octanol–water partition coefficient (Wildman–Crippen LogP) is 3.14. The fraction of sp³-hybridized carbons (Fsp3) is 0.235. The molecular formula is C17H17Cl2N3O4. The second-order valence-corrected chi connectivity index (χ2v) is 6.23. The Morgan fingerprint density at radius 1 is 1.15 bits per heavy atom. The minimum atomic E-state index is -0.546. The zero-order chi connectivity index (χ0) is 19.1. The minimum Gasteiger partial charge on any atom is -0.492 e. The Labute approximate surface area is 160 Å². The number of nitrogens with one attached hydrogen (secondary N) is 3. The summed E-state index contributed by atoms with van der Waals surface area (Å²) in [6, 6.07) is 6.28. The molecule has 2 rings (SSSR count). The van der Waals surface area contributed by atoms with Gasteiger partial charge in [0.2, 0.25) is 5.91 Å². The fourth-order valence-electron chi connectivity index (χ4n) is 1.99. The molecule has 0 atom stereocenters. The molecule has 0 fully saturated rings. The van der Waals surface area contributed by atoms with Crippen LogP contribution in [0.5, 0.6) is 5.75 Å². The van der Waals surface area contributed by atoms with E-state index >= 15 is 0 Å². The van der Waals surface area contributed by atoms with Gasteiger partial charge in [-0.3, -0.25) is 25.2 Å². The van der Waals surface area contributed by atoms with Crippen LogP contribution in [0.15, 0.2) is 30.5 Å². The Kier molecular flexibility index (Phi) is 7.06. The van der Waals surface area contributed by atoms with Crippen molar-refractivity contribution in [3.63, 3.8) is 0 Å². The lowest BCUT2D eigenvalue weighted by Crippen LogP contribution is -2.41. The maximum Gasteiger partial charge on any atom is 0.286 e. The van der Waals surface area contributed by atoms with E-state index in [1.807, 2.05) is 0 Å². The van der Waals surface area contributed by atoms with Gasteiger partial charge in [-0.15, -0.1) is 0 Å². The number of carbonyl (C=O) groups excluding carboxylic acids is 3. The van der Waals surface area contributed by atoms with Gasteiger partial charge in [-0.25, -0.2) is 0 Å². The summed E-state index contributed by atoms with van der Waals surface area (Å²) in [5, 5.41) is 0.903. The van der Waals surface area contributed by atoms with Crippen molar-refractivity contribution in [3.8, 4) is 5.75 Å². The van der Waals surface area contributed by atoms with E-state index in [1.165, 1.54) is 19.2 Å². The number of ether oxygens (including phenoxy) is 1. The van der Waals surface area contributed by atoms with Crippen LogP contribution in [0.25, 0.3) is 0 Å². The third kappa shape index (κ3) is 5.79. The first kappa shape index (κ1) is 19.8. The first-order valence-corrected chi connectivity index (χ1v) is 8.49. The summed E-state index contributed by atoms with van der Waals surface area (Å²) in [5.74, 6) is -0.597. The van der Waals surface area contributed by atoms with E-state index in [0.717, 1.165) is 0 Å². The van der Waals surface area contributed by atoms with Gasteiger partial charge in [-0.05, 0) is 37.6 Å². The molecule has 0 radical (unpaired) electrons. The molecule has 9 heteroatoms. The number of aromatic amines is 1. The van der Waals surface area contributed by atoms with E-state index in [0.29, 0.717) is 27.8 Å². The van der Waals surface area contributed by atoms with Crippen LogP contribution in [0.1, 0.15) is 40.6 Å². The van der Waals surface area contributed by atoms with Gasteiger partial charge in [-0.1, -0.05) is 23.2 Å². The average Bonchev–Trinajstić information content (AvgIpc) is 3.08. The third-order valence-corrected chi connectivity index (χ3v) is 3.88. The fourth-order valence-corrected chi connectivity index (χ4v) is 2.46. The number of hydrogen-bond donors (Lipinski definition) is 3. The van der Waals surface area contributed by atoms with Crippen molar-refractivity contribution in [2.24, 2.45) is 0 Å². The summed E-state index contributed by atoms with van der Waals surface area (Å²) in [6.07, 6.45) is 2.00. The first-order valence-electron chi connectivity index (χ1n) is 7.73. The van der Waals surface area contributed by atoms with Crippen LogP contribution in [-0.2, 0) is 4.79 Å². The molecule has 0 saturated heterocycles. The van der Waals surface area contributed by atoms with E-state index in [-0.39, 0.29) is 30.4 Å². The maximum absolute atomic E-state index is 11.8. The molecule has 1 aromatic heterocycles. The number of hydrogen-bond acceptors (Lipinski definition) is 4. The van der Waals surface area contributed by atoms with E-state index in [1.54, 1.807) is 18.2 Å². The van der Waals surface area contributed by atoms with Gasteiger partial charge < -0.3 is 9.72 Å². The summed E-state index contributed by atoms with van der Waals surface area (Å²) in [4.78, 5) is 37.4.